The summed E-state index contributed by atoms with van der Waals surface area (Å²) in [6.45, 7) is 4.57. The smallest absolute Gasteiger partial charge is 0.240 e. The maximum Gasteiger partial charge on any atom is 0.240 e. The molecule has 4 rings (SSSR count). The van der Waals surface area contributed by atoms with Gasteiger partial charge in [-0.05, 0) is 49.7 Å². The van der Waals surface area contributed by atoms with E-state index in [1.54, 1.807) is 24.3 Å². The SMILES string of the molecule is O=S(=O)(NCC[C@@H]1CCOC12CN(CC1CCC1)C2)c1ccccc1. The van der Waals surface area contributed by atoms with Crippen molar-refractivity contribution < 1.29 is 13.2 Å². The molecule has 5 nitrogen and oxygen atoms in total. The molecule has 0 radical (unpaired) electrons. The first-order chi connectivity index (χ1) is 12.1. The monoisotopic (exact) mass is 364 g/mol. The van der Waals surface area contributed by atoms with Crippen molar-refractivity contribution >= 4 is 10.0 Å². The van der Waals surface area contributed by atoms with Crippen molar-refractivity contribution in [2.45, 2.75) is 42.6 Å². The van der Waals surface area contributed by atoms with Crippen molar-refractivity contribution in [1.29, 1.82) is 0 Å². The minimum atomic E-state index is -3.40. The Bertz CT molecular complexity index is 682. The topological polar surface area (TPSA) is 58.6 Å². The fraction of sp³-hybridized carbons (Fsp3) is 0.684. The fourth-order valence-electron chi connectivity index (χ4n) is 4.47. The normalized spacial score (nSPS) is 26.5. The maximum absolute atomic E-state index is 12.3. The van der Waals surface area contributed by atoms with Crippen molar-refractivity contribution in [1.82, 2.24) is 9.62 Å². The molecule has 3 fully saturated rings. The minimum absolute atomic E-state index is 0.0120. The Hall–Kier alpha value is -0.950. The van der Waals surface area contributed by atoms with E-state index in [0.29, 0.717) is 17.4 Å². The molecule has 1 N–H and O–H groups in total. The molecule has 0 aromatic heterocycles. The highest BCUT2D eigenvalue weighted by atomic mass is 32.2. The lowest BCUT2D eigenvalue weighted by Crippen LogP contribution is -2.65. The summed E-state index contributed by atoms with van der Waals surface area (Å²) in [5.41, 5.74) is -0.0120. The van der Waals surface area contributed by atoms with Crippen LogP contribution in [0.15, 0.2) is 35.2 Å². The first kappa shape index (κ1) is 17.5. The van der Waals surface area contributed by atoms with Crippen LogP contribution in [0.1, 0.15) is 32.1 Å². The number of likely N-dealkylation sites (tertiary alicyclic amines) is 1. The van der Waals surface area contributed by atoms with E-state index >= 15 is 0 Å². The lowest BCUT2D eigenvalue weighted by Gasteiger charge is -2.52. The van der Waals surface area contributed by atoms with Crippen LogP contribution < -0.4 is 4.72 Å². The quantitative estimate of drug-likeness (QED) is 0.806. The average molecular weight is 365 g/mol. The van der Waals surface area contributed by atoms with Gasteiger partial charge in [-0.3, -0.25) is 4.90 Å². The Labute approximate surface area is 150 Å². The maximum atomic E-state index is 12.3. The molecule has 1 aromatic carbocycles. The molecule has 2 saturated heterocycles. The number of rotatable bonds is 7. The minimum Gasteiger partial charge on any atom is -0.372 e. The van der Waals surface area contributed by atoms with Gasteiger partial charge in [-0.1, -0.05) is 24.6 Å². The number of benzene rings is 1. The van der Waals surface area contributed by atoms with Crippen molar-refractivity contribution in [3.8, 4) is 0 Å². The van der Waals surface area contributed by atoms with Crippen LogP contribution >= 0.6 is 0 Å². The number of nitrogens with zero attached hydrogens (tertiary/aromatic N) is 1. The fourth-order valence-corrected chi connectivity index (χ4v) is 5.54. The van der Waals surface area contributed by atoms with Gasteiger partial charge in [0.15, 0.2) is 0 Å². The number of hydrogen-bond donors (Lipinski definition) is 1. The van der Waals surface area contributed by atoms with E-state index in [1.165, 1.54) is 25.8 Å². The first-order valence-electron chi connectivity index (χ1n) is 9.48. The average Bonchev–Trinajstić information content (AvgIpc) is 2.94. The molecule has 1 aliphatic carbocycles. The summed E-state index contributed by atoms with van der Waals surface area (Å²) >= 11 is 0. The zero-order valence-electron chi connectivity index (χ0n) is 14.7. The van der Waals surface area contributed by atoms with Gasteiger partial charge in [0.1, 0.15) is 0 Å². The number of sulfonamides is 1. The second-order valence-electron chi connectivity index (χ2n) is 7.86. The van der Waals surface area contributed by atoms with Gasteiger partial charge in [0, 0.05) is 32.8 Å². The lowest BCUT2D eigenvalue weighted by atomic mass is 9.77. The van der Waals surface area contributed by atoms with Crippen molar-refractivity contribution in [2.75, 3.05) is 32.8 Å². The molecule has 1 saturated carbocycles. The van der Waals surface area contributed by atoms with E-state index in [4.69, 9.17) is 4.74 Å². The van der Waals surface area contributed by atoms with Gasteiger partial charge in [0.2, 0.25) is 10.0 Å². The van der Waals surface area contributed by atoms with Gasteiger partial charge < -0.3 is 4.74 Å². The van der Waals surface area contributed by atoms with Gasteiger partial charge in [0.05, 0.1) is 10.5 Å². The Morgan fingerprint density at radius 3 is 2.60 bits per heavy atom. The van der Waals surface area contributed by atoms with Crippen molar-refractivity contribution in [3.05, 3.63) is 30.3 Å². The summed E-state index contributed by atoms with van der Waals surface area (Å²) in [4.78, 5) is 2.86. The van der Waals surface area contributed by atoms with Gasteiger partial charge in [-0.15, -0.1) is 0 Å². The highest BCUT2D eigenvalue weighted by molar-refractivity contribution is 7.89. The molecule has 0 bridgehead atoms. The summed E-state index contributed by atoms with van der Waals surface area (Å²) in [5.74, 6) is 1.36. The standard InChI is InChI=1S/C19H28N2O3S/c22-25(23,18-7-2-1-3-8-18)20-11-9-17-10-12-24-19(17)14-21(15-19)13-16-5-4-6-16/h1-3,7-8,16-17,20H,4-6,9-15H2/t17-/m1/s1. The summed E-state index contributed by atoms with van der Waals surface area (Å²) in [5, 5.41) is 0. The van der Waals surface area contributed by atoms with Crippen LogP contribution in [0.2, 0.25) is 0 Å². The van der Waals surface area contributed by atoms with Crippen molar-refractivity contribution in [3.63, 3.8) is 0 Å². The van der Waals surface area contributed by atoms with Crippen LogP contribution in [0.25, 0.3) is 0 Å². The Kier molecular flexibility index (Phi) is 4.88. The molecule has 1 spiro atoms. The molecule has 0 amide bonds. The molecule has 6 heteroatoms. The molecule has 138 valence electrons. The zero-order valence-corrected chi connectivity index (χ0v) is 15.5. The predicted molar refractivity (Wildman–Crippen MR) is 96.8 cm³/mol. The summed E-state index contributed by atoms with van der Waals surface area (Å²) in [7, 11) is -3.40. The van der Waals surface area contributed by atoms with Crippen molar-refractivity contribution in [2.24, 2.45) is 11.8 Å². The van der Waals surface area contributed by atoms with E-state index in [-0.39, 0.29) is 5.60 Å². The first-order valence-corrected chi connectivity index (χ1v) is 11.0. The highest BCUT2D eigenvalue weighted by Crippen LogP contribution is 2.42. The molecule has 25 heavy (non-hydrogen) atoms. The Balaban J connectivity index is 1.26. The third-order valence-corrected chi connectivity index (χ3v) is 7.64. The van der Waals surface area contributed by atoms with Gasteiger partial charge in [-0.25, -0.2) is 13.1 Å². The molecule has 2 aliphatic heterocycles. The second kappa shape index (κ2) is 6.99. The molecule has 1 aromatic rings. The van der Waals surface area contributed by atoms with Crippen LogP contribution in [-0.2, 0) is 14.8 Å². The molecular formula is C19H28N2O3S. The number of nitrogens with one attached hydrogen (secondary N) is 1. The highest BCUT2D eigenvalue weighted by Gasteiger charge is 2.52. The van der Waals surface area contributed by atoms with Crippen LogP contribution in [-0.4, -0.2) is 51.7 Å². The Morgan fingerprint density at radius 2 is 1.92 bits per heavy atom. The predicted octanol–water partition coefficient (Wildman–Crippen LogP) is 2.25. The number of ether oxygens (including phenoxy) is 1. The van der Waals surface area contributed by atoms with E-state index in [1.807, 2.05) is 6.07 Å². The lowest BCUT2D eigenvalue weighted by molar-refractivity contribution is -0.139. The zero-order chi connectivity index (χ0) is 17.3. The summed E-state index contributed by atoms with van der Waals surface area (Å²) < 4.78 is 33.5. The molecule has 0 unspecified atom stereocenters. The number of hydrogen-bond acceptors (Lipinski definition) is 4. The van der Waals surface area contributed by atoms with E-state index in [9.17, 15) is 8.42 Å². The van der Waals surface area contributed by atoms with Gasteiger partial charge >= 0.3 is 0 Å². The molecule has 2 heterocycles. The molecule has 3 aliphatic rings. The van der Waals surface area contributed by atoms with E-state index in [2.05, 4.69) is 9.62 Å². The molecule has 1 atom stereocenters. The van der Waals surface area contributed by atoms with Crippen LogP contribution in [0.3, 0.4) is 0 Å². The second-order valence-corrected chi connectivity index (χ2v) is 9.63. The van der Waals surface area contributed by atoms with Gasteiger partial charge in [0.25, 0.3) is 0 Å². The molecular weight excluding hydrogens is 336 g/mol. The summed E-state index contributed by atoms with van der Waals surface area (Å²) in [6.07, 6.45) is 6.06. The third kappa shape index (κ3) is 3.63. The van der Waals surface area contributed by atoms with E-state index < -0.39 is 10.0 Å². The van der Waals surface area contributed by atoms with Crippen LogP contribution in [0, 0.1) is 11.8 Å². The van der Waals surface area contributed by atoms with Gasteiger partial charge in [-0.2, -0.15) is 0 Å². The van der Waals surface area contributed by atoms with E-state index in [0.717, 1.165) is 38.5 Å². The third-order valence-electron chi connectivity index (χ3n) is 6.16. The van der Waals surface area contributed by atoms with Crippen LogP contribution in [0.4, 0.5) is 0 Å². The van der Waals surface area contributed by atoms with Crippen LogP contribution in [0.5, 0.6) is 0 Å². The summed E-state index contributed by atoms with van der Waals surface area (Å²) in [6, 6.07) is 8.59. The largest absolute Gasteiger partial charge is 0.372 e. The Morgan fingerprint density at radius 1 is 1.16 bits per heavy atom.